The summed E-state index contributed by atoms with van der Waals surface area (Å²) in [6.45, 7) is 0. The normalized spacial score (nSPS) is 11.6. The summed E-state index contributed by atoms with van der Waals surface area (Å²) < 4.78 is 45.6. The van der Waals surface area contributed by atoms with Gasteiger partial charge in [-0.25, -0.2) is 22.8 Å². The minimum atomic E-state index is -3.74. The third kappa shape index (κ3) is 3.83. The molecule has 0 spiro atoms. The molecule has 0 unspecified atom stereocenters. The molecule has 0 atom stereocenters. The van der Waals surface area contributed by atoms with Gasteiger partial charge < -0.3 is 4.74 Å². The molecular weight excluding hydrogens is 429 g/mol. The van der Waals surface area contributed by atoms with Crippen molar-refractivity contribution in [2.24, 2.45) is 0 Å². The molecule has 152 valence electrons. The summed E-state index contributed by atoms with van der Waals surface area (Å²) in [4.78, 5) is 11.9. The number of pyridine rings is 1. The zero-order chi connectivity index (χ0) is 21.3. The number of sulfone groups is 1. The number of nitrogens with zero attached hydrogens (tertiary/aromatic N) is 3. The van der Waals surface area contributed by atoms with Gasteiger partial charge in [-0.15, -0.1) is 0 Å². The van der Waals surface area contributed by atoms with Gasteiger partial charge in [0.2, 0.25) is 0 Å². The summed E-state index contributed by atoms with van der Waals surface area (Å²) in [5.41, 5.74) is 1.43. The molecule has 2 heterocycles. The number of aromatic nitrogens is 3. The van der Waals surface area contributed by atoms with Crippen LogP contribution >= 0.6 is 11.6 Å². The maximum atomic E-state index is 14.6. The summed E-state index contributed by atoms with van der Waals surface area (Å²) in [6, 6.07) is 10.8. The van der Waals surface area contributed by atoms with Crippen LogP contribution in [0.1, 0.15) is 5.69 Å². The first kappa shape index (κ1) is 20.2. The van der Waals surface area contributed by atoms with E-state index in [0.717, 1.165) is 6.20 Å². The SMILES string of the molecule is COc1cc(Cl)ccc1-c1ncc(F)c2cc(S(=O)(=O)Cc3ccncn3)ccc12. The van der Waals surface area contributed by atoms with Gasteiger partial charge in [0.25, 0.3) is 0 Å². The molecule has 0 aliphatic heterocycles. The van der Waals surface area contributed by atoms with E-state index >= 15 is 0 Å². The molecule has 2 aromatic carbocycles. The van der Waals surface area contributed by atoms with Crippen LogP contribution in [0.3, 0.4) is 0 Å². The summed E-state index contributed by atoms with van der Waals surface area (Å²) in [5, 5.41) is 1.08. The Morgan fingerprint density at radius 1 is 1.07 bits per heavy atom. The average Bonchev–Trinajstić information content (AvgIpc) is 2.74. The van der Waals surface area contributed by atoms with Gasteiger partial charge in [-0.2, -0.15) is 0 Å². The maximum absolute atomic E-state index is 14.6. The average molecular weight is 444 g/mol. The van der Waals surface area contributed by atoms with Crippen molar-refractivity contribution in [1.82, 2.24) is 15.0 Å². The predicted octanol–water partition coefficient (Wildman–Crippen LogP) is 4.47. The molecule has 0 N–H and O–H groups in total. The van der Waals surface area contributed by atoms with E-state index in [2.05, 4.69) is 15.0 Å². The van der Waals surface area contributed by atoms with Crippen molar-refractivity contribution in [3.05, 3.63) is 77.7 Å². The fraction of sp³-hybridized carbons (Fsp3) is 0.0952. The molecule has 4 rings (SSSR count). The van der Waals surface area contributed by atoms with Gasteiger partial charge in [0.1, 0.15) is 17.9 Å². The second-order valence-electron chi connectivity index (χ2n) is 6.47. The van der Waals surface area contributed by atoms with E-state index in [9.17, 15) is 12.8 Å². The van der Waals surface area contributed by atoms with Crippen LogP contribution in [0.2, 0.25) is 5.02 Å². The van der Waals surface area contributed by atoms with Crippen LogP contribution in [0.5, 0.6) is 5.75 Å². The minimum Gasteiger partial charge on any atom is -0.496 e. The molecule has 0 radical (unpaired) electrons. The lowest BCUT2D eigenvalue weighted by atomic mass is 10.0. The monoisotopic (exact) mass is 443 g/mol. The molecule has 0 fully saturated rings. The van der Waals surface area contributed by atoms with Crippen molar-refractivity contribution in [3.8, 4) is 17.0 Å². The van der Waals surface area contributed by atoms with Crippen LogP contribution in [0, 0.1) is 5.82 Å². The number of benzene rings is 2. The molecule has 0 aliphatic rings. The van der Waals surface area contributed by atoms with Crippen LogP contribution in [0.4, 0.5) is 4.39 Å². The number of halogens is 2. The van der Waals surface area contributed by atoms with Gasteiger partial charge >= 0.3 is 0 Å². The quantitative estimate of drug-likeness (QED) is 0.452. The van der Waals surface area contributed by atoms with E-state index in [1.165, 1.54) is 37.8 Å². The Morgan fingerprint density at radius 2 is 1.90 bits per heavy atom. The number of fused-ring (bicyclic) bond motifs is 1. The van der Waals surface area contributed by atoms with Crippen molar-refractivity contribution >= 4 is 32.2 Å². The molecule has 0 saturated heterocycles. The Balaban J connectivity index is 1.84. The Labute approximate surface area is 177 Å². The molecule has 0 amide bonds. The van der Waals surface area contributed by atoms with E-state index in [0.29, 0.717) is 33.1 Å². The van der Waals surface area contributed by atoms with E-state index < -0.39 is 15.7 Å². The summed E-state index contributed by atoms with van der Waals surface area (Å²) in [7, 11) is -2.24. The maximum Gasteiger partial charge on any atom is 0.184 e. The number of hydrogen-bond acceptors (Lipinski definition) is 6. The van der Waals surface area contributed by atoms with E-state index in [4.69, 9.17) is 16.3 Å². The Hall–Kier alpha value is -3.10. The molecule has 0 aliphatic carbocycles. The number of ether oxygens (including phenoxy) is 1. The highest BCUT2D eigenvalue weighted by molar-refractivity contribution is 7.90. The highest BCUT2D eigenvalue weighted by atomic mass is 35.5. The molecule has 0 bridgehead atoms. The molecule has 4 aromatic rings. The Kier molecular flexibility index (Phi) is 5.36. The Morgan fingerprint density at radius 3 is 2.63 bits per heavy atom. The summed E-state index contributed by atoms with van der Waals surface area (Å²) in [5.74, 6) is -0.463. The van der Waals surface area contributed by atoms with Gasteiger partial charge in [-0.05, 0) is 36.4 Å². The van der Waals surface area contributed by atoms with Gasteiger partial charge in [-0.3, -0.25) is 4.98 Å². The van der Waals surface area contributed by atoms with Crippen LogP contribution < -0.4 is 4.74 Å². The third-order valence-corrected chi connectivity index (χ3v) is 6.45. The first-order valence-electron chi connectivity index (χ1n) is 8.79. The second-order valence-corrected chi connectivity index (χ2v) is 8.89. The number of rotatable bonds is 5. The van der Waals surface area contributed by atoms with Gasteiger partial charge in [-0.1, -0.05) is 17.7 Å². The Bertz CT molecular complexity index is 1350. The summed E-state index contributed by atoms with van der Waals surface area (Å²) in [6.07, 6.45) is 3.81. The smallest absolute Gasteiger partial charge is 0.184 e. The van der Waals surface area contributed by atoms with Crippen molar-refractivity contribution < 1.29 is 17.5 Å². The zero-order valence-electron chi connectivity index (χ0n) is 15.7. The highest BCUT2D eigenvalue weighted by Crippen LogP contribution is 2.36. The van der Waals surface area contributed by atoms with Crippen LogP contribution in [-0.4, -0.2) is 30.5 Å². The summed E-state index contributed by atoms with van der Waals surface area (Å²) >= 11 is 6.03. The molecule has 30 heavy (non-hydrogen) atoms. The topological polar surface area (TPSA) is 82.0 Å². The second kappa shape index (κ2) is 7.97. The van der Waals surface area contributed by atoms with Crippen molar-refractivity contribution in [1.29, 1.82) is 0 Å². The lowest BCUT2D eigenvalue weighted by Crippen LogP contribution is -2.07. The first-order chi connectivity index (χ1) is 14.4. The lowest BCUT2D eigenvalue weighted by Gasteiger charge is -2.12. The van der Waals surface area contributed by atoms with E-state index in [1.807, 2.05) is 0 Å². The van der Waals surface area contributed by atoms with E-state index in [-0.39, 0.29) is 16.0 Å². The molecule has 0 saturated carbocycles. The fourth-order valence-electron chi connectivity index (χ4n) is 3.14. The van der Waals surface area contributed by atoms with Gasteiger partial charge in [0.05, 0.1) is 35.3 Å². The molecule has 9 heteroatoms. The van der Waals surface area contributed by atoms with Gasteiger partial charge in [0, 0.05) is 27.6 Å². The highest BCUT2D eigenvalue weighted by Gasteiger charge is 2.20. The molecule has 2 aromatic heterocycles. The standard InChI is InChI=1S/C21H15ClFN3O3S/c1-29-20-8-13(22)2-4-17(20)21-16-5-3-15(9-18(16)19(23)10-25-21)30(27,28)11-14-6-7-24-12-26-14/h2-10,12H,11H2,1H3. The fourth-order valence-corrected chi connectivity index (χ4v) is 4.60. The number of methoxy groups -OCH3 is 1. The molecule has 6 nitrogen and oxygen atoms in total. The van der Waals surface area contributed by atoms with Gasteiger partial charge in [0.15, 0.2) is 9.84 Å². The van der Waals surface area contributed by atoms with Crippen LogP contribution in [-0.2, 0) is 15.6 Å². The van der Waals surface area contributed by atoms with Crippen molar-refractivity contribution in [2.45, 2.75) is 10.6 Å². The van der Waals surface area contributed by atoms with E-state index in [1.54, 1.807) is 24.3 Å². The number of hydrogen-bond donors (Lipinski definition) is 0. The van der Waals surface area contributed by atoms with Crippen LogP contribution in [0.15, 0.2) is 66.1 Å². The van der Waals surface area contributed by atoms with Crippen molar-refractivity contribution in [3.63, 3.8) is 0 Å². The first-order valence-corrected chi connectivity index (χ1v) is 10.8. The minimum absolute atomic E-state index is 0.00673. The zero-order valence-corrected chi connectivity index (χ0v) is 17.3. The largest absolute Gasteiger partial charge is 0.496 e. The lowest BCUT2D eigenvalue weighted by molar-refractivity contribution is 0.416. The predicted molar refractivity (Wildman–Crippen MR) is 112 cm³/mol. The van der Waals surface area contributed by atoms with Crippen LogP contribution in [0.25, 0.3) is 22.0 Å². The van der Waals surface area contributed by atoms with Crippen molar-refractivity contribution in [2.75, 3.05) is 7.11 Å². The third-order valence-electron chi connectivity index (χ3n) is 4.57. The molecular formula is C21H15ClFN3O3S.